The first-order valence-corrected chi connectivity index (χ1v) is 13.0. The van der Waals surface area contributed by atoms with E-state index < -0.39 is 5.54 Å². The van der Waals surface area contributed by atoms with Crippen LogP contribution in [-0.2, 0) is 19.1 Å². The molecule has 0 saturated heterocycles. The van der Waals surface area contributed by atoms with Crippen LogP contribution in [0.3, 0.4) is 0 Å². The monoisotopic (exact) mass is 486 g/mol. The molecule has 0 aromatic rings. The third-order valence-electron chi connectivity index (χ3n) is 8.07. The van der Waals surface area contributed by atoms with Gasteiger partial charge in [0.15, 0.2) is 5.96 Å². The molecule has 0 aromatic carbocycles. The number of ether oxygens (including phenoxy) is 2. The van der Waals surface area contributed by atoms with E-state index in [4.69, 9.17) is 15.2 Å². The molecular formula is C27H42N4O4. The fourth-order valence-electron chi connectivity index (χ4n) is 5.84. The quantitative estimate of drug-likeness (QED) is 0.547. The van der Waals surface area contributed by atoms with Gasteiger partial charge in [-0.25, -0.2) is 4.99 Å². The Hall–Kier alpha value is -2.35. The number of rotatable bonds is 8. The van der Waals surface area contributed by atoms with Gasteiger partial charge in [0.1, 0.15) is 11.4 Å². The van der Waals surface area contributed by atoms with Gasteiger partial charge in [0, 0.05) is 44.1 Å². The standard InChI is InChI=1S/C27H42N4O4/c1-7-27(5)15-23(32)31(25(28)30-27)21(10-11-34-6)17-13-18(17)24(33)29-20-14-26(3,4)35-22-9-8-16(2)12-19(20)22/h12,17-18,20-21H,7-11,13-15H2,1-6H3,(H2,28,30)(H,29,33). The number of carbonyl (C=O) groups excluding carboxylic acids is 2. The molecule has 0 radical (unpaired) electrons. The molecule has 3 N–H and O–H groups in total. The maximum Gasteiger partial charge on any atom is 0.231 e. The number of nitrogens with one attached hydrogen (secondary N) is 1. The second kappa shape index (κ2) is 9.60. The molecule has 5 atom stereocenters. The van der Waals surface area contributed by atoms with Crippen LogP contribution in [0.2, 0.25) is 0 Å². The normalized spacial score (nSPS) is 32.8. The zero-order chi connectivity index (χ0) is 25.5. The molecule has 2 amide bonds. The van der Waals surface area contributed by atoms with Crippen molar-refractivity contribution in [3.63, 3.8) is 0 Å². The number of guanidine groups is 1. The van der Waals surface area contributed by atoms with Crippen LogP contribution in [0.1, 0.15) is 79.6 Å². The van der Waals surface area contributed by atoms with Gasteiger partial charge in [0.25, 0.3) is 0 Å². The maximum atomic E-state index is 13.4. The van der Waals surface area contributed by atoms with Gasteiger partial charge < -0.3 is 20.5 Å². The van der Waals surface area contributed by atoms with Gasteiger partial charge in [-0.2, -0.15) is 0 Å². The zero-order valence-corrected chi connectivity index (χ0v) is 22.1. The highest BCUT2D eigenvalue weighted by molar-refractivity contribution is 5.99. The number of allylic oxidation sites excluding steroid dienone is 2. The lowest BCUT2D eigenvalue weighted by Gasteiger charge is -2.40. The SMILES string of the molecule is CCC1(C)CC(=O)N(C(CCOC)C2CC2C(=O)NC2CC(C)(C)OC3=C2C=C(C)CC3)C(N)=N1. The molecule has 35 heavy (non-hydrogen) atoms. The Balaban J connectivity index is 1.50. The van der Waals surface area contributed by atoms with Crippen molar-refractivity contribution < 1.29 is 19.1 Å². The van der Waals surface area contributed by atoms with E-state index >= 15 is 0 Å². The van der Waals surface area contributed by atoms with E-state index in [-0.39, 0.29) is 47.3 Å². The molecular weight excluding hydrogens is 444 g/mol. The molecule has 0 aromatic heterocycles. The number of methoxy groups -OCH3 is 1. The van der Waals surface area contributed by atoms with Crippen molar-refractivity contribution in [2.24, 2.45) is 22.6 Å². The summed E-state index contributed by atoms with van der Waals surface area (Å²) < 4.78 is 11.6. The van der Waals surface area contributed by atoms with Gasteiger partial charge >= 0.3 is 0 Å². The predicted octanol–water partition coefficient (Wildman–Crippen LogP) is 3.42. The van der Waals surface area contributed by atoms with E-state index in [2.05, 4.69) is 37.2 Å². The van der Waals surface area contributed by atoms with Crippen LogP contribution in [0.15, 0.2) is 28.0 Å². The van der Waals surface area contributed by atoms with Gasteiger partial charge in [0.05, 0.1) is 18.0 Å². The van der Waals surface area contributed by atoms with Crippen molar-refractivity contribution in [1.29, 1.82) is 0 Å². The Kier molecular flexibility index (Phi) is 7.06. The molecule has 2 aliphatic heterocycles. The molecule has 0 bridgehead atoms. The summed E-state index contributed by atoms with van der Waals surface area (Å²) in [7, 11) is 1.65. The average molecular weight is 487 g/mol. The lowest BCUT2D eigenvalue weighted by molar-refractivity contribution is -0.132. The minimum Gasteiger partial charge on any atom is -0.492 e. The molecule has 1 fully saturated rings. The zero-order valence-electron chi connectivity index (χ0n) is 22.1. The van der Waals surface area contributed by atoms with Gasteiger partial charge in [-0.05, 0) is 59.3 Å². The van der Waals surface area contributed by atoms with E-state index in [1.165, 1.54) is 5.57 Å². The topological polar surface area (TPSA) is 106 Å². The fourth-order valence-corrected chi connectivity index (χ4v) is 5.84. The van der Waals surface area contributed by atoms with E-state index in [1.807, 2.05) is 13.8 Å². The molecule has 0 spiro atoms. The first-order chi connectivity index (χ1) is 16.5. The van der Waals surface area contributed by atoms with Crippen molar-refractivity contribution in [2.45, 2.75) is 103 Å². The summed E-state index contributed by atoms with van der Waals surface area (Å²) in [4.78, 5) is 32.9. The summed E-state index contributed by atoms with van der Waals surface area (Å²) in [6.07, 6.45) is 7.21. The van der Waals surface area contributed by atoms with Crippen molar-refractivity contribution in [3.8, 4) is 0 Å². The molecule has 2 aliphatic carbocycles. The van der Waals surface area contributed by atoms with Crippen LogP contribution in [0, 0.1) is 11.8 Å². The molecule has 4 rings (SSSR count). The minimum absolute atomic E-state index is 0.0159. The smallest absolute Gasteiger partial charge is 0.231 e. The van der Waals surface area contributed by atoms with Crippen molar-refractivity contribution in [1.82, 2.24) is 10.2 Å². The highest BCUT2D eigenvalue weighted by Crippen LogP contribution is 2.46. The summed E-state index contributed by atoms with van der Waals surface area (Å²) >= 11 is 0. The molecule has 8 heteroatoms. The van der Waals surface area contributed by atoms with Gasteiger partial charge in [0.2, 0.25) is 11.8 Å². The summed E-state index contributed by atoms with van der Waals surface area (Å²) in [5.41, 5.74) is 7.97. The first-order valence-electron chi connectivity index (χ1n) is 13.0. The number of hydrogen-bond acceptors (Lipinski definition) is 6. The summed E-state index contributed by atoms with van der Waals surface area (Å²) in [5.74, 6) is 1.19. The van der Waals surface area contributed by atoms with Crippen LogP contribution >= 0.6 is 0 Å². The van der Waals surface area contributed by atoms with Crippen LogP contribution in [0.25, 0.3) is 0 Å². The second-order valence-corrected chi connectivity index (χ2v) is 11.6. The Morgan fingerprint density at radius 1 is 1.37 bits per heavy atom. The third kappa shape index (κ3) is 5.42. The molecule has 194 valence electrons. The number of aliphatic imine (C=N–C) groups is 1. The number of nitrogens with two attached hydrogens (primary N) is 1. The van der Waals surface area contributed by atoms with Crippen molar-refractivity contribution in [3.05, 3.63) is 23.0 Å². The Bertz CT molecular complexity index is 968. The third-order valence-corrected chi connectivity index (χ3v) is 8.07. The molecule has 4 aliphatic rings. The van der Waals surface area contributed by atoms with Crippen LogP contribution in [0.4, 0.5) is 0 Å². The number of amides is 2. The number of hydrogen-bond donors (Lipinski definition) is 2. The summed E-state index contributed by atoms with van der Waals surface area (Å²) in [6, 6.07) is -0.259. The van der Waals surface area contributed by atoms with E-state index in [0.717, 1.165) is 43.4 Å². The Morgan fingerprint density at radius 3 is 2.77 bits per heavy atom. The van der Waals surface area contributed by atoms with Gasteiger partial charge in [-0.15, -0.1) is 0 Å². The predicted molar refractivity (Wildman–Crippen MR) is 135 cm³/mol. The van der Waals surface area contributed by atoms with Gasteiger partial charge in [-0.3, -0.25) is 14.5 Å². The second-order valence-electron chi connectivity index (χ2n) is 11.6. The van der Waals surface area contributed by atoms with E-state index in [1.54, 1.807) is 12.0 Å². The Labute approximate surface area is 209 Å². The summed E-state index contributed by atoms with van der Waals surface area (Å²) in [6.45, 7) is 10.8. The van der Waals surface area contributed by atoms with Crippen LogP contribution in [0.5, 0.6) is 0 Å². The lowest BCUT2D eigenvalue weighted by Crippen LogP contribution is -2.56. The van der Waals surface area contributed by atoms with Crippen LogP contribution < -0.4 is 11.1 Å². The molecule has 1 saturated carbocycles. The van der Waals surface area contributed by atoms with Gasteiger partial charge in [-0.1, -0.05) is 18.6 Å². The highest BCUT2D eigenvalue weighted by Gasteiger charge is 2.52. The Morgan fingerprint density at radius 2 is 2.11 bits per heavy atom. The molecule has 8 nitrogen and oxygen atoms in total. The average Bonchev–Trinajstić information content (AvgIpc) is 3.56. The molecule has 2 heterocycles. The highest BCUT2D eigenvalue weighted by atomic mass is 16.5. The maximum absolute atomic E-state index is 13.4. The summed E-state index contributed by atoms with van der Waals surface area (Å²) in [5, 5.41) is 3.33. The van der Waals surface area contributed by atoms with E-state index in [0.29, 0.717) is 19.4 Å². The van der Waals surface area contributed by atoms with Crippen molar-refractivity contribution in [2.75, 3.05) is 13.7 Å². The van der Waals surface area contributed by atoms with Crippen LogP contribution in [-0.4, -0.2) is 59.6 Å². The lowest BCUT2D eigenvalue weighted by atomic mass is 9.84. The fraction of sp³-hybridized carbons (Fsp3) is 0.741. The van der Waals surface area contributed by atoms with Crippen molar-refractivity contribution >= 4 is 17.8 Å². The van der Waals surface area contributed by atoms with E-state index in [9.17, 15) is 9.59 Å². The first kappa shape index (κ1) is 25.7. The largest absolute Gasteiger partial charge is 0.492 e. The number of nitrogens with zero attached hydrogens (tertiary/aromatic N) is 2. The minimum atomic E-state index is -0.462. The number of carbonyl (C=O) groups is 2. The molecule has 5 unspecified atom stereocenters.